The average Bonchev–Trinajstić information content (AvgIpc) is 2.70. The molecule has 27 heavy (non-hydrogen) atoms. The Bertz CT molecular complexity index is 719. The molecule has 0 aromatic heterocycles. The van der Waals surface area contributed by atoms with Gasteiger partial charge in [-0.15, -0.1) is 0 Å². The van der Waals surface area contributed by atoms with Crippen LogP contribution in [0.4, 0.5) is 5.69 Å². The van der Waals surface area contributed by atoms with E-state index in [-0.39, 0.29) is 5.54 Å². The minimum Gasteiger partial charge on any atom is -0.378 e. The van der Waals surface area contributed by atoms with Crippen molar-refractivity contribution in [3.8, 4) is 0 Å². The van der Waals surface area contributed by atoms with Crippen LogP contribution in [0.2, 0.25) is 0 Å². The number of morpholine rings is 1. The molecule has 2 aromatic carbocycles. The van der Waals surface area contributed by atoms with Crippen LogP contribution >= 0.6 is 0 Å². The molecule has 1 unspecified atom stereocenters. The van der Waals surface area contributed by atoms with Gasteiger partial charge in [-0.3, -0.25) is 0 Å². The Morgan fingerprint density at radius 2 is 1.63 bits per heavy atom. The third-order valence-corrected chi connectivity index (χ3v) is 6.12. The molecule has 3 nitrogen and oxygen atoms in total. The number of ether oxygens (including phenoxy) is 1. The number of likely N-dealkylation sites (N-methyl/N-ethyl adjacent to an activating group) is 1. The highest BCUT2D eigenvalue weighted by Gasteiger charge is 2.32. The smallest absolute Gasteiger partial charge is 0.0642 e. The first-order valence-electron chi connectivity index (χ1n) is 10.2. The normalized spacial score (nSPS) is 17.1. The van der Waals surface area contributed by atoms with Crippen molar-refractivity contribution in [1.82, 2.24) is 4.90 Å². The van der Waals surface area contributed by atoms with Crippen molar-refractivity contribution < 1.29 is 4.74 Å². The largest absolute Gasteiger partial charge is 0.378 e. The summed E-state index contributed by atoms with van der Waals surface area (Å²) in [4.78, 5) is 4.92. The molecule has 1 atom stereocenters. The highest BCUT2D eigenvalue weighted by atomic mass is 16.5. The minimum absolute atomic E-state index is 0.109. The van der Waals surface area contributed by atoms with Crippen molar-refractivity contribution in [2.24, 2.45) is 0 Å². The van der Waals surface area contributed by atoms with Crippen LogP contribution in [-0.2, 0) is 17.6 Å². The molecular weight excluding hydrogens is 332 g/mol. The van der Waals surface area contributed by atoms with Gasteiger partial charge in [-0.05, 0) is 57.5 Å². The number of para-hydroxylation sites is 1. The first kappa shape index (κ1) is 19.9. The fourth-order valence-corrected chi connectivity index (χ4v) is 4.16. The lowest BCUT2D eigenvalue weighted by Crippen LogP contribution is -2.48. The highest BCUT2D eigenvalue weighted by molar-refractivity contribution is 5.54. The van der Waals surface area contributed by atoms with Gasteiger partial charge in [0, 0.05) is 24.3 Å². The maximum Gasteiger partial charge on any atom is 0.0642 e. The summed E-state index contributed by atoms with van der Waals surface area (Å²) in [5, 5.41) is 0. The van der Waals surface area contributed by atoms with Gasteiger partial charge in [0.05, 0.1) is 13.2 Å². The van der Waals surface area contributed by atoms with Gasteiger partial charge in [0.1, 0.15) is 0 Å². The lowest BCUT2D eigenvalue weighted by Gasteiger charge is -2.41. The van der Waals surface area contributed by atoms with E-state index in [1.165, 1.54) is 22.4 Å². The molecule has 146 valence electrons. The molecule has 0 N–H and O–H groups in total. The van der Waals surface area contributed by atoms with Gasteiger partial charge in [0.15, 0.2) is 0 Å². The van der Waals surface area contributed by atoms with Gasteiger partial charge < -0.3 is 14.5 Å². The highest BCUT2D eigenvalue weighted by Crippen LogP contribution is 2.32. The number of anilines is 1. The summed E-state index contributed by atoms with van der Waals surface area (Å²) in [5.74, 6) is 0. The number of rotatable bonds is 7. The van der Waals surface area contributed by atoms with E-state index >= 15 is 0 Å². The Balaban J connectivity index is 1.89. The van der Waals surface area contributed by atoms with Crippen molar-refractivity contribution in [3.05, 3.63) is 65.2 Å². The monoisotopic (exact) mass is 366 g/mol. The van der Waals surface area contributed by atoms with Gasteiger partial charge in [-0.25, -0.2) is 0 Å². The molecule has 0 amide bonds. The van der Waals surface area contributed by atoms with E-state index in [1.54, 1.807) is 0 Å². The van der Waals surface area contributed by atoms with Crippen LogP contribution < -0.4 is 4.90 Å². The zero-order valence-corrected chi connectivity index (χ0v) is 17.4. The van der Waals surface area contributed by atoms with E-state index in [4.69, 9.17) is 4.74 Å². The maximum atomic E-state index is 5.56. The van der Waals surface area contributed by atoms with Gasteiger partial charge >= 0.3 is 0 Å². The summed E-state index contributed by atoms with van der Waals surface area (Å²) in [5.41, 5.74) is 5.67. The fraction of sp³-hybridized carbons (Fsp3) is 0.500. The summed E-state index contributed by atoms with van der Waals surface area (Å²) >= 11 is 0. The van der Waals surface area contributed by atoms with Crippen molar-refractivity contribution in [1.29, 1.82) is 0 Å². The SMILES string of the molecule is CCC(Cc1ccc(C)cc1)(Cc1ccccc1N1CCOCC1)N(C)C. The van der Waals surface area contributed by atoms with E-state index in [9.17, 15) is 0 Å². The number of aryl methyl sites for hydroxylation is 1. The number of hydrogen-bond acceptors (Lipinski definition) is 3. The second kappa shape index (κ2) is 8.90. The van der Waals surface area contributed by atoms with E-state index < -0.39 is 0 Å². The van der Waals surface area contributed by atoms with E-state index in [1.807, 2.05) is 0 Å². The molecule has 1 heterocycles. The molecule has 2 aromatic rings. The second-order valence-electron chi connectivity index (χ2n) is 8.04. The van der Waals surface area contributed by atoms with Crippen LogP contribution in [0, 0.1) is 6.92 Å². The molecule has 3 heteroatoms. The van der Waals surface area contributed by atoms with E-state index in [0.717, 1.165) is 45.6 Å². The third-order valence-electron chi connectivity index (χ3n) is 6.12. The second-order valence-corrected chi connectivity index (χ2v) is 8.04. The number of nitrogens with zero attached hydrogens (tertiary/aromatic N) is 2. The first-order chi connectivity index (χ1) is 13.0. The predicted octanol–water partition coefficient (Wildman–Crippen LogP) is 4.33. The van der Waals surface area contributed by atoms with E-state index in [0.29, 0.717) is 0 Å². The van der Waals surface area contributed by atoms with Crippen molar-refractivity contribution >= 4 is 5.69 Å². The van der Waals surface area contributed by atoms with Crippen molar-refractivity contribution in [3.63, 3.8) is 0 Å². The Morgan fingerprint density at radius 1 is 0.963 bits per heavy atom. The molecule has 1 aliphatic heterocycles. The fourth-order valence-electron chi connectivity index (χ4n) is 4.16. The number of benzene rings is 2. The maximum absolute atomic E-state index is 5.56. The molecule has 0 bridgehead atoms. The van der Waals surface area contributed by atoms with Crippen LogP contribution in [0.25, 0.3) is 0 Å². The van der Waals surface area contributed by atoms with Crippen LogP contribution in [0.5, 0.6) is 0 Å². The molecular formula is C24H34N2O. The van der Waals surface area contributed by atoms with Crippen LogP contribution in [0.15, 0.2) is 48.5 Å². The third kappa shape index (κ3) is 4.72. The Hall–Kier alpha value is -1.84. The van der Waals surface area contributed by atoms with Crippen LogP contribution in [0.1, 0.15) is 30.0 Å². The van der Waals surface area contributed by atoms with Crippen LogP contribution in [-0.4, -0.2) is 50.8 Å². The molecule has 3 rings (SSSR count). The standard InChI is InChI=1S/C24H34N2O/c1-5-24(25(3)4,18-21-12-10-20(2)11-13-21)19-22-8-6-7-9-23(22)26-14-16-27-17-15-26/h6-13H,5,14-19H2,1-4H3. The zero-order chi connectivity index (χ0) is 19.3. The lowest BCUT2D eigenvalue weighted by molar-refractivity contribution is 0.122. The minimum atomic E-state index is 0.109. The molecule has 1 saturated heterocycles. The summed E-state index contributed by atoms with van der Waals surface area (Å²) < 4.78 is 5.56. The number of hydrogen-bond donors (Lipinski definition) is 0. The van der Waals surface area contributed by atoms with Crippen molar-refractivity contribution in [2.75, 3.05) is 45.3 Å². The average molecular weight is 367 g/mol. The van der Waals surface area contributed by atoms with Crippen LogP contribution in [0.3, 0.4) is 0 Å². The first-order valence-corrected chi connectivity index (χ1v) is 10.2. The Kier molecular flexibility index (Phi) is 6.56. The van der Waals surface area contributed by atoms with Gasteiger partial charge in [0.25, 0.3) is 0 Å². The van der Waals surface area contributed by atoms with Gasteiger partial charge in [-0.1, -0.05) is 55.0 Å². The Labute approximate surface area is 164 Å². The lowest BCUT2D eigenvalue weighted by atomic mass is 9.80. The van der Waals surface area contributed by atoms with E-state index in [2.05, 4.69) is 86.3 Å². The molecule has 0 saturated carbocycles. The summed E-state index contributed by atoms with van der Waals surface area (Å²) in [6, 6.07) is 18.0. The predicted molar refractivity (Wildman–Crippen MR) is 115 cm³/mol. The molecule has 0 radical (unpaired) electrons. The summed E-state index contributed by atoms with van der Waals surface area (Å²) in [6.45, 7) is 8.09. The Morgan fingerprint density at radius 3 is 2.26 bits per heavy atom. The molecule has 0 spiro atoms. The van der Waals surface area contributed by atoms with Gasteiger partial charge in [0.2, 0.25) is 0 Å². The topological polar surface area (TPSA) is 15.7 Å². The van der Waals surface area contributed by atoms with Gasteiger partial charge in [-0.2, -0.15) is 0 Å². The van der Waals surface area contributed by atoms with Crippen molar-refractivity contribution in [2.45, 2.75) is 38.6 Å². The quantitative estimate of drug-likeness (QED) is 0.725. The summed E-state index contributed by atoms with van der Waals surface area (Å²) in [7, 11) is 4.46. The molecule has 1 fully saturated rings. The molecule has 1 aliphatic rings. The summed E-state index contributed by atoms with van der Waals surface area (Å²) in [6.07, 6.45) is 3.23. The molecule has 0 aliphatic carbocycles. The zero-order valence-electron chi connectivity index (χ0n) is 17.4.